The molecule has 0 bridgehead atoms. The monoisotopic (exact) mass is 283 g/mol. The highest BCUT2D eigenvalue weighted by Crippen LogP contribution is 2.42. The van der Waals surface area contributed by atoms with E-state index >= 15 is 0 Å². The van der Waals surface area contributed by atoms with Gasteiger partial charge in [-0.3, -0.25) is 0 Å². The second kappa shape index (κ2) is 4.40. The van der Waals surface area contributed by atoms with Crippen LogP contribution in [0.3, 0.4) is 0 Å². The van der Waals surface area contributed by atoms with Gasteiger partial charge in [-0.05, 0) is 42.5 Å². The zero-order chi connectivity index (χ0) is 14.4. The highest BCUT2D eigenvalue weighted by atomic mass is 19.4. The van der Waals surface area contributed by atoms with Gasteiger partial charge in [-0.15, -0.1) is 0 Å². The van der Waals surface area contributed by atoms with Crippen molar-refractivity contribution in [3.05, 3.63) is 34.4 Å². The van der Waals surface area contributed by atoms with Crippen LogP contribution in [0.5, 0.6) is 0 Å². The smallest absolute Gasteiger partial charge is 0.324 e. The summed E-state index contributed by atoms with van der Waals surface area (Å²) in [6, 6.07) is 0.151. The van der Waals surface area contributed by atoms with E-state index in [1.165, 1.54) is 0 Å². The van der Waals surface area contributed by atoms with Gasteiger partial charge in [0.1, 0.15) is 0 Å². The van der Waals surface area contributed by atoms with Crippen molar-refractivity contribution in [2.24, 2.45) is 5.73 Å². The summed E-state index contributed by atoms with van der Waals surface area (Å²) in [4.78, 5) is 0. The van der Waals surface area contributed by atoms with Crippen LogP contribution in [0.4, 0.5) is 26.3 Å². The predicted molar refractivity (Wildman–Crippen MR) is 56.3 cm³/mol. The fourth-order valence-corrected chi connectivity index (χ4v) is 2.38. The molecular formula is C12H11F6N. The Morgan fingerprint density at radius 3 is 2.16 bits per heavy atom. The number of fused-ring (bicyclic) bond motifs is 1. The quantitative estimate of drug-likeness (QED) is 0.714. The largest absolute Gasteiger partial charge is 0.416 e. The Kier molecular flexibility index (Phi) is 3.28. The molecule has 0 saturated carbocycles. The number of nitrogens with two attached hydrogens (primary N) is 1. The number of benzene rings is 1. The molecule has 0 aromatic heterocycles. The Balaban J connectivity index is 2.68. The molecule has 106 valence electrons. The number of hydrogen-bond donors (Lipinski definition) is 1. The van der Waals surface area contributed by atoms with Gasteiger partial charge in [0, 0.05) is 6.04 Å². The normalized spacial score (nSPS) is 20.3. The van der Waals surface area contributed by atoms with Crippen LogP contribution in [0.1, 0.15) is 41.1 Å². The molecule has 19 heavy (non-hydrogen) atoms. The first kappa shape index (κ1) is 14.2. The lowest BCUT2D eigenvalue weighted by Gasteiger charge is -2.27. The molecule has 0 radical (unpaired) electrons. The van der Waals surface area contributed by atoms with E-state index in [0.717, 1.165) is 6.07 Å². The third kappa shape index (κ3) is 2.70. The molecule has 1 aliphatic rings. The van der Waals surface area contributed by atoms with Gasteiger partial charge < -0.3 is 5.73 Å². The fourth-order valence-electron chi connectivity index (χ4n) is 2.38. The molecule has 2 N–H and O–H groups in total. The maximum atomic E-state index is 12.9. The second-order valence-corrected chi connectivity index (χ2v) is 4.59. The maximum absolute atomic E-state index is 12.9. The lowest BCUT2D eigenvalue weighted by molar-refractivity contribution is -0.143. The average molecular weight is 283 g/mol. The first-order valence-corrected chi connectivity index (χ1v) is 5.67. The molecule has 0 fully saturated rings. The van der Waals surface area contributed by atoms with Crippen molar-refractivity contribution in [3.63, 3.8) is 0 Å². The zero-order valence-corrected chi connectivity index (χ0v) is 9.70. The molecule has 1 aromatic rings. The molecule has 0 heterocycles. The van der Waals surface area contributed by atoms with Crippen molar-refractivity contribution in [2.45, 2.75) is 37.7 Å². The van der Waals surface area contributed by atoms with Crippen LogP contribution in [0, 0.1) is 0 Å². The van der Waals surface area contributed by atoms with Crippen LogP contribution in [0.15, 0.2) is 12.1 Å². The van der Waals surface area contributed by atoms with Crippen LogP contribution in [-0.4, -0.2) is 0 Å². The van der Waals surface area contributed by atoms with E-state index in [0.29, 0.717) is 12.8 Å². The second-order valence-electron chi connectivity index (χ2n) is 4.59. The van der Waals surface area contributed by atoms with Crippen LogP contribution in [0.2, 0.25) is 0 Å². The van der Waals surface area contributed by atoms with E-state index in [4.69, 9.17) is 5.73 Å². The summed E-state index contributed by atoms with van der Waals surface area (Å²) in [6.45, 7) is 0. The van der Waals surface area contributed by atoms with Gasteiger partial charge in [0.2, 0.25) is 0 Å². The Hall–Kier alpha value is -1.24. The van der Waals surface area contributed by atoms with Gasteiger partial charge >= 0.3 is 12.4 Å². The van der Waals surface area contributed by atoms with Gasteiger partial charge in [0.05, 0.1) is 11.1 Å². The van der Waals surface area contributed by atoms with Crippen LogP contribution in [-0.2, 0) is 18.8 Å². The van der Waals surface area contributed by atoms with E-state index in [2.05, 4.69) is 0 Å². The van der Waals surface area contributed by atoms with Crippen LogP contribution >= 0.6 is 0 Å². The van der Waals surface area contributed by atoms with Crippen molar-refractivity contribution in [3.8, 4) is 0 Å². The van der Waals surface area contributed by atoms with E-state index in [-0.39, 0.29) is 23.6 Å². The number of hydrogen-bond acceptors (Lipinski definition) is 1. The number of halogens is 6. The van der Waals surface area contributed by atoms with Crippen LogP contribution < -0.4 is 5.73 Å². The highest BCUT2D eigenvalue weighted by molar-refractivity contribution is 5.44. The van der Waals surface area contributed by atoms with E-state index in [9.17, 15) is 26.3 Å². The molecule has 0 aliphatic heterocycles. The van der Waals surface area contributed by atoms with Crippen molar-refractivity contribution >= 4 is 0 Å². The standard InChI is InChI=1S/C12H11F6N/c13-11(14,15)6-4-8-7(2-1-3-10(8)19)9(5-6)12(16,17)18/h4-5,10H,1-3,19H2/t10-/m0/s1. The Morgan fingerprint density at radius 1 is 1.00 bits per heavy atom. The minimum Gasteiger partial charge on any atom is -0.324 e. The molecule has 7 heteroatoms. The summed E-state index contributed by atoms with van der Waals surface area (Å²) < 4.78 is 76.5. The predicted octanol–water partition coefficient (Wildman–Crippen LogP) is 4.06. The van der Waals surface area contributed by atoms with Gasteiger partial charge in [-0.1, -0.05) is 0 Å². The van der Waals surface area contributed by atoms with E-state index < -0.39 is 29.5 Å². The van der Waals surface area contributed by atoms with Crippen molar-refractivity contribution in [1.29, 1.82) is 0 Å². The Labute approximate surface area is 105 Å². The molecule has 1 nitrogen and oxygen atoms in total. The van der Waals surface area contributed by atoms with Crippen molar-refractivity contribution < 1.29 is 26.3 Å². The molecule has 1 aliphatic carbocycles. The highest BCUT2D eigenvalue weighted by Gasteiger charge is 2.40. The minimum absolute atomic E-state index is 0.0339. The Morgan fingerprint density at radius 2 is 1.63 bits per heavy atom. The van der Waals surface area contributed by atoms with Gasteiger partial charge in [0.25, 0.3) is 0 Å². The fraction of sp³-hybridized carbons (Fsp3) is 0.500. The summed E-state index contributed by atoms with van der Waals surface area (Å²) in [6.07, 6.45) is -8.67. The average Bonchev–Trinajstić information content (AvgIpc) is 2.25. The molecule has 0 amide bonds. The third-order valence-electron chi connectivity index (χ3n) is 3.26. The molecule has 0 spiro atoms. The number of alkyl halides is 6. The maximum Gasteiger partial charge on any atom is 0.416 e. The van der Waals surface area contributed by atoms with Crippen molar-refractivity contribution in [1.82, 2.24) is 0 Å². The summed E-state index contributed by atoms with van der Waals surface area (Å²) in [7, 11) is 0. The molecule has 1 aromatic carbocycles. The topological polar surface area (TPSA) is 26.0 Å². The van der Waals surface area contributed by atoms with Crippen LogP contribution in [0.25, 0.3) is 0 Å². The van der Waals surface area contributed by atoms with E-state index in [1.807, 2.05) is 0 Å². The van der Waals surface area contributed by atoms with Crippen molar-refractivity contribution in [2.75, 3.05) is 0 Å². The summed E-state index contributed by atoms with van der Waals surface area (Å²) >= 11 is 0. The van der Waals surface area contributed by atoms with Gasteiger partial charge in [-0.25, -0.2) is 0 Å². The first-order chi connectivity index (χ1) is 8.60. The SMILES string of the molecule is N[C@H]1CCCc2c1cc(C(F)(F)F)cc2C(F)(F)F. The zero-order valence-electron chi connectivity index (χ0n) is 9.70. The first-order valence-electron chi connectivity index (χ1n) is 5.67. The summed E-state index contributed by atoms with van der Waals surface area (Å²) in [5, 5.41) is 0. The third-order valence-corrected chi connectivity index (χ3v) is 3.26. The molecule has 1 atom stereocenters. The molecule has 0 unspecified atom stereocenters. The lowest BCUT2D eigenvalue weighted by atomic mass is 9.83. The lowest BCUT2D eigenvalue weighted by Crippen LogP contribution is -2.23. The molecule has 0 saturated heterocycles. The minimum atomic E-state index is -4.81. The summed E-state index contributed by atoms with van der Waals surface area (Å²) in [5.74, 6) is 0. The molecule has 2 rings (SSSR count). The summed E-state index contributed by atoms with van der Waals surface area (Å²) in [5.41, 5.74) is 2.99. The van der Waals surface area contributed by atoms with Gasteiger partial charge in [0.15, 0.2) is 0 Å². The number of rotatable bonds is 0. The van der Waals surface area contributed by atoms with Gasteiger partial charge in [-0.2, -0.15) is 26.3 Å². The Bertz CT molecular complexity index is 488. The molecular weight excluding hydrogens is 272 g/mol. The van der Waals surface area contributed by atoms with E-state index in [1.54, 1.807) is 0 Å².